The van der Waals surface area contributed by atoms with E-state index in [2.05, 4.69) is 34.7 Å². The zero-order valence-electron chi connectivity index (χ0n) is 20.6. The van der Waals surface area contributed by atoms with Crippen molar-refractivity contribution >= 4 is 23.2 Å². The van der Waals surface area contributed by atoms with Gasteiger partial charge in [0, 0.05) is 6.54 Å². The summed E-state index contributed by atoms with van der Waals surface area (Å²) in [4.78, 5) is 14.9. The minimum absolute atomic E-state index is 0.286. The largest absolute Gasteiger partial charge is 0.591 e. The predicted molar refractivity (Wildman–Crippen MR) is 137 cm³/mol. The molecule has 0 saturated carbocycles. The number of amides is 1. The Bertz CT molecular complexity index is 977. The summed E-state index contributed by atoms with van der Waals surface area (Å²) in [7, 11) is 0. The average Bonchev–Trinajstić information content (AvgIpc) is 2.74. The van der Waals surface area contributed by atoms with E-state index in [1.54, 1.807) is 4.90 Å². The molecule has 1 aliphatic heterocycles. The molecule has 3 rings (SSSR count). The lowest BCUT2D eigenvalue weighted by atomic mass is 9.92. The van der Waals surface area contributed by atoms with E-state index >= 15 is 0 Å². The van der Waals surface area contributed by atoms with Crippen LogP contribution in [0.1, 0.15) is 59.9 Å². The minimum Gasteiger partial charge on any atom is -0.591 e. The van der Waals surface area contributed by atoms with Gasteiger partial charge in [0.1, 0.15) is 21.7 Å². The number of ether oxygens (including phenoxy) is 1. The van der Waals surface area contributed by atoms with Gasteiger partial charge < -0.3 is 9.29 Å². The molecule has 1 fully saturated rings. The Kier molecular flexibility index (Phi) is 7.91. The van der Waals surface area contributed by atoms with Crippen LogP contribution in [0.15, 0.2) is 59.0 Å². The molecule has 178 valence electrons. The van der Waals surface area contributed by atoms with Gasteiger partial charge in [0.2, 0.25) is 0 Å². The number of nitrogens with zero attached hydrogens (tertiary/aromatic N) is 2. The molecule has 2 atom stereocenters. The molecule has 2 aromatic rings. The molecule has 6 heteroatoms. The highest BCUT2D eigenvalue weighted by Crippen LogP contribution is 2.27. The molecule has 1 saturated heterocycles. The van der Waals surface area contributed by atoms with Crippen LogP contribution < -0.4 is 0 Å². The molecular formula is C27H36N2O3S. The van der Waals surface area contributed by atoms with E-state index in [1.165, 1.54) is 0 Å². The van der Waals surface area contributed by atoms with E-state index in [9.17, 15) is 9.35 Å². The second-order valence-corrected chi connectivity index (χ2v) is 12.4. The molecular weight excluding hydrogens is 432 g/mol. The molecule has 2 aromatic carbocycles. The zero-order chi connectivity index (χ0) is 24.2. The van der Waals surface area contributed by atoms with Crippen LogP contribution in [0, 0.1) is 0 Å². The Hall–Kier alpha value is -2.31. The highest BCUT2D eigenvalue weighted by Gasteiger charge is 2.37. The van der Waals surface area contributed by atoms with Gasteiger partial charge in [-0.05, 0) is 77.5 Å². The summed E-state index contributed by atoms with van der Waals surface area (Å²) >= 11 is -1.39. The van der Waals surface area contributed by atoms with Crippen molar-refractivity contribution in [1.82, 2.24) is 4.90 Å². The number of benzene rings is 2. The van der Waals surface area contributed by atoms with Gasteiger partial charge in [0.15, 0.2) is 0 Å². The molecule has 1 unspecified atom stereocenters. The molecule has 0 spiro atoms. The van der Waals surface area contributed by atoms with Crippen molar-refractivity contribution in [2.75, 3.05) is 6.54 Å². The molecule has 1 aliphatic rings. The first kappa shape index (κ1) is 25.3. The maximum Gasteiger partial charge on any atom is 0.410 e. The van der Waals surface area contributed by atoms with E-state index in [0.717, 1.165) is 35.2 Å². The smallest absolute Gasteiger partial charge is 0.410 e. The minimum atomic E-state index is -1.39. The molecule has 1 amide bonds. The van der Waals surface area contributed by atoms with Crippen molar-refractivity contribution in [1.29, 1.82) is 0 Å². The summed E-state index contributed by atoms with van der Waals surface area (Å²) in [6.45, 7) is 12.0. The summed E-state index contributed by atoms with van der Waals surface area (Å²) in [5.74, 6) is 0. The van der Waals surface area contributed by atoms with Crippen molar-refractivity contribution in [2.45, 2.75) is 77.2 Å². The van der Waals surface area contributed by atoms with E-state index in [1.807, 2.05) is 65.8 Å². The van der Waals surface area contributed by atoms with Gasteiger partial charge in [-0.3, -0.25) is 4.90 Å². The summed E-state index contributed by atoms with van der Waals surface area (Å²) in [6.07, 6.45) is 1.75. The van der Waals surface area contributed by atoms with Crippen LogP contribution in [0.4, 0.5) is 4.79 Å². The van der Waals surface area contributed by atoms with Gasteiger partial charge in [-0.25, -0.2) is 4.79 Å². The number of rotatable bonds is 4. The van der Waals surface area contributed by atoms with Gasteiger partial charge in [0.05, 0.1) is 11.8 Å². The summed E-state index contributed by atoms with van der Waals surface area (Å²) in [5.41, 5.74) is 3.61. The Morgan fingerprint density at radius 3 is 2.36 bits per heavy atom. The van der Waals surface area contributed by atoms with Crippen LogP contribution in [-0.4, -0.2) is 44.2 Å². The molecule has 0 aliphatic carbocycles. The Balaban J connectivity index is 1.95. The fourth-order valence-corrected chi connectivity index (χ4v) is 4.48. The highest BCUT2D eigenvalue weighted by atomic mass is 32.2. The number of carbonyl (C=O) groups excluding carboxylic acids is 1. The number of hydrogen-bond acceptors (Lipinski definition) is 4. The zero-order valence-corrected chi connectivity index (χ0v) is 21.4. The van der Waals surface area contributed by atoms with Gasteiger partial charge in [-0.2, -0.15) is 0 Å². The fourth-order valence-electron chi connectivity index (χ4n) is 3.78. The maximum atomic E-state index is 13.1. The van der Waals surface area contributed by atoms with Crippen molar-refractivity contribution in [3.63, 3.8) is 0 Å². The number of likely N-dealkylation sites (tertiary alicyclic amines) is 1. The standard InChI is InChI=1S/C27H36N2O3S/c1-26(2,3)32-25(30)29-17-11-16-23(28-33(31)27(4,5)6)24(29)19-20-12-10-15-22(18-20)21-13-8-7-9-14-21/h7-10,12-15,18,24H,11,16-17,19H2,1-6H3/t24-,33?/m1/s1. The van der Waals surface area contributed by atoms with Gasteiger partial charge >= 0.3 is 6.09 Å². The molecule has 0 N–H and O–H groups in total. The van der Waals surface area contributed by atoms with Crippen molar-refractivity contribution < 1.29 is 14.1 Å². The van der Waals surface area contributed by atoms with Crippen LogP contribution >= 0.6 is 0 Å². The van der Waals surface area contributed by atoms with Gasteiger partial charge in [-0.1, -0.05) is 59.0 Å². The van der Waals surface area contributed by atoms with Crippen LogP contribution in [0.25, 0.3) is 11.1 Å². The lowest BCUT2D eigenvalue weighted by Gasteiger charge is -2.37. The number of hydrogen-bond donors (Lipinski definition) is 0. The third-order valence-corrected chi connectivity index (χ3v) is 6.86. The van der Waals surface area contributed by atoms with Crippen molar-refractivity contribution in [3.8, 4) is 11.1 Å². The Labute approximate surface area is 201 Å². The first-order valence-electron chi connectivity index (χ1n) is 11.6. The number of carbonyl (C=O) groups is 1. The highest BCUT2D eigenvalue weighted by molar-refractivity contribution is 7.91. The van der Waals surface area contributed by atoms with Gasteiger partial charge in [-0.15, -0.1) is 0 Å². The summed E-state index contributed by atoms with van der Waals surface area (Å²) < 4.78 is 22.8. The second kappa shape index (κ2) is 10.3. The fraction of sp³-hybridized carbons (Fsp3) is 0.481. The Morgan fingerprint density at radius 1 is 1.06 bits per heavy atom. The SMILES string of the molecule is CC(C)(C)OC(=O)N1CCCC(=N[S+]([O-])C(C)(C)C)[C@H]1Cc1cccc(-c2ccccc2)c1. The second-order valence-electron chi connectivity index (χ2n) is 10.5. The normalized spacial score (nSPS) is 19.4. The van der Waals surface area contributed by atoms with E-state index in [-0.39, 0.29) is 12.1 Å². The average molecular weight is 469 g/mol. The third-order valence-electron chi connectivity index (χ3n) is 5.41. The maximum absolute atomic E-state index is 13.1. The molecule has 5 nitrogen and oxygen atoms in total. The van der Waals surface area contributed by atoms with Crippen LogP contribution in [0.5, 0.6) is 0 Å². The molecule has 1 heterocycles. The molecule has 0 bridgehead atoms. The summed E-state index contributed by atoms with van der Waals surface area (Å²) in [5, 5.41) is 0. The quantitative estimate of drug-likeness (QED) is 0.502. The van der Waals surface area contributed by atoms with Crippen molar-refractivity contribution in [2.24, 2.45) is 4.40 Å². The summed E-state index contributed by atoms with van der Waals surface area (Å²) in [6, 6.07) is 18.3. The monoisotopic (exact) mass is 468 g/mol. The topological polar surface area (TPSA) is 65.0 Å². The Morgan fingerprint density at radius 2 is 1.73 bits per heavy atom. The van der Waals surface area contributed by atoms with Crippen molar-refractivity contribution in [3.05, 3.63) is 60.2 Å². The number of piperidine rings is 1. The van der Waals surface area contributed by atoms with E-state index in [0.29, 0.717) is 13.0 Å². The predicted octanol–water partition coefficient (Wildman–Crippen LogP) is 6.20. The third kappa shape index (κ3) is 7.08. The molecule has 33 heavy (non-hydrogen) atoms. The lowest BCUT2D eigenvalue weighted by Crippen LogP contribution is -2.52. The van der Waals surface area contributed by atoms with E-state index in [4.69, 9.17) is 4.74 Å². The first-order valence-corrected chi connectivity index (χ1v) is 12.7. The van der Waals surface area contributed by atoms with Crippen LogP contribution in [0.2, 0.25) is 0 Å². The van der Waals surface area contributed by atoms with E-state index < -0.39 is 21.7 Å². The van der Waals surface area contributed by atoms with Crippen LogP contribution in [-0.2, 0) is 22.5 Å². The van der Waals surface area contributed by atoms with Gasteiger partial charge in [0.25, 0.3) is 0 Å². The molecule has 0 aromatic heterocycles. The lowest BCUT2D eigenvalue weighted by molar-refractivity contribution is 0.0194. The van der Waals surface area contributed by atoms with Crippen LogP contribution in [0.3, 0.4) is 0 Å². The first-order chi connectivity index (χ1) is 15.4. The molecule has 0 radical (unpaired) electrons.